The lowest BCUT2D eigenvalue weighted by Gasteiger charge is -2.00. The predicted molar refractivity (Wildman–Crippen MR) is 44.7 cm³/mol. The molecule has 0 aromatic carbocycles. The van der Waals surface area contributed by atoms with E-state index in [9.17, 15) is 18.0 Å². The van der Waals surface area contributed by atoms with Crippen molar-refractivity contribution in [2.24, 2.45) is 0 Å². The Morgan fingerprint density at radius 2 is 2.00 bits per heavy atom. The molecule has 76 valence electrons. The molecule has 0 radical (unpaired) electrons. The second kappa shape index (κ2) is 5.93. The summed E-state index contributed by atoms with van der Waals surface area (Å²) in [6.07, 6.45) is 1.53. The van der Waals surface area contributed by atoms with Gasteiger partial charge in [-0.05, 0) is 6.42 Å². The smallest absolute Gasteiger partial charge is 0.277 e. The topological polar surface area (TPSA) is 29.1 Å². The van der Waals surface area contributed by atoms with Crippen molar-refractivity contribution < 1.29 is 18.0 Å². The highest BCUT2D eigenvalue weighted by molar-refractivity contribution is 5.83. The molecule has 2 nitrogen and oxygen atoms in total. The average molecular weight is 203 g/mol. The Kier molecular flexibility index (Phi) is 5.24. The minimum Gasteiger partial charge on any atom is -0.277 e. The Balaban J connectivity index is 3.73. The molecule has 0 fully saturated rings. The standard InChI is InChI=1S/C9H8F3NO/c1-2-3-4-5-6-7-13-8(14)9(10,11)12/h1H,3-5H2,(H,13,14). The van der Waals surface area contributed by atoms with Gasteiger partial charge in [0.2, 0.25) is 0 Å². The zero-order valence-corrected chi connectivity index (χ0v) is 7.24. The molecule has 0 heterocycles. The van der Waals surface area contributed by atoms with Gasteiger partial charge in [0, 0.05) is 18.9 Å². The molecule has 0 rings (SSSR count). The summed E-state index contributed by atoms with van der Waals surface area (Å²) in [5.41, 5.74) is 0. The van der Waals surface area contributed by atoms with E-state index in [1.807, 2.05) is 6.04 Å². The van der Waals surface area contributed by atoms with Crippen LogP contribution in [0.5, 0.6) is 0 Å². The van der Waals surface area contributed by atoms with Crippen molar-refractivity contribution in [3.05, 3.63) is 0 Å². The largest absolute Gasteiger partial charge is 0.472 e. The minimum atomic E-state index is -4.88. The molecule has 0 aliphatic carbocycles. The van der Waals surface area contributed by atoms with Gasteiger partial charge in [-0.15, -0.1) is 12.3 Å². The lowest BCUT2D eigenvalue weighted by Crippen LogP contribution is -2.33. The summed E-state index contributed by atoms with van der Waals surface area (Å²) >= 11 is 0. The molecule has 5 heteroatoms. The number of rotatable bonds is 2. The molecule has 0 aliphatic rings. The first-order valence-corrected chi connectivity index (χ1v) is 3.77. The number of alkyl halides is 3. The molecule has 0 aliphatic heterocycles. The average Bonchev–Trinajstić information content (AvgIpc) is 2.09. The van der Waals surface area contributed by atoms with E-state index in [1.165, 1.54) is 5.32 Å². The Bertz CT molecular complexity index is 290. The summed E-state index contributed by atoms with van der Waals surface area (Å²) in [5, 5.41) is 1.42. The van der Waals surface area contributed by atoms with Gasteiger partial charge in [-0.3, -0.25) is 10.1 Å². The van der Waals surface area contributed by atoms with Crippen molar-refractivity contribution in [3.63, 3.8) is 0 Å². The molecule has 0 saturated carbocycles. The van der Waals surface area contributed by atoms with Crippen LogP contribution in [-0.4, -0.2) is 12.1 Å². The van der Waals surface area contributed by atoms with Crippen molar-refractivity contribution in [1.29, 1.82) is 0 Å². The van der Waals surface area contributed by atoms with E-state index >= 15 is 0 Å². The van der Waals surface area contributed by atoms with Gasteiger partial charge in [-0.2, -0.15) is 13.2 Å². The summed E-state index contributed by atoms with van der Waals surface area (Å²) in [5.74, 6) is 2.65. The Hall–Kier alpha value is -1.62. The Labute approximate surface area is 79.9 Å². The van der Waals surface area contributed by atoms with Crippen molar-refractivity contribution in [2.75, 3.05) is 0 Å². The number of halogens is 3. The van der Waals surface area contributed by atoms with E-state index in [-0.39, 0.29) is 0 Å². The fourth-order valence-electron chi connectivity index (χ4n) is 0.513. The summed E-state index contributed by atoms with van der Waals surface area (Å²) in [7, 11) is 0. The normalized spacial score (nSPS) is 9.57. The van der Waals surface area contributed by atoms with Gasteiger partial charge >= 0.3 is 12.1 Å². The maximum absolute atomic E-state index is 11.6. The maximum Gasteiger partial charge on any atom is 0.472 e. The van der Waals surface area contributed by atoms with Crippen LogP contribution in [0.3, 0.4) is 0 Å². The highest BCUT2D eigenvalue weighted by atomic mass is 19.4. The van der Waals surface area contributed by atoms with Gasteiger partial charge in [-0.1, -0.05) is 5.92 Å². The number of carbonyl (C=O) groups is 1. The summed E-state index contributed by atoms with van der Waals surface area (Å²) < 4.78 is 34.7. The second-order valence-electron chi connectivity index (χ2n) is 2.31. The SMILES string of the molecule is C#CCCCC#CNC(=O)C(F)(F)F. The molecular weight excluding hydrogens is 195 g/mol. The summed E-state index contributed by atoms with van der Waals surface area (Å²) in [4.78, 5) is 10.2. The van der Waals surface area contributed by atoms with E-state index in [2.05, 4.69) is 11.8 Å². The Morgan fingerprint density at radius 1 is 1.36 bits per heavy atom. The first-order chi connectivity index (χ1) is 6.48. The van der Waals surface area contributed by atoms with E-state index < -0.39 is 12.1 Å². The van der Waals surface area contributed by atoms with Crippen LogP contribution in [0.4, 0.5) is 13.2 Å². The van der Waals surface area contributed by atoms with Crippen LogP contribution in [0.2, 0.25) is 0 Å². The molecule has 0 bridgehead atoms. The zero-order valence-electron chi connectivity index (χ0n) is 7.24. The molecular formula is C9H8F3NO. The fraction of sp³-hybridized carbons (Fsp3) is 0.444. The van der Waals surface area contributed by atoms with Crippen LogP contribution in [0, 0.1) is 24.3 Å². The van der Waals surface area contributed by atoms with Gasteiger partial charge in [0.1, 0.15) is 0 Å². The molecule has 0 saturated heterocycles. The Morgan fingerprint density at radius 3 is 2.50 bits per heavy atom. The van der Waals surface area contributed by atoms with Crippen molar-refractivity contribution in [3.8, 4) is 24.3 Å². The van der Waals surface area contributed by atoms with Crippen LogP contribution < -0.4 is 5.32 Å². The molecule has 0 unspecified atom stereocenters. The highest BCUT2D eigenvalue weighted by Gasteiger charge is 2.38. The van der Waals surface area contributed by atoms with Gasteiger partial charge < -0.3 is 0 Å². The number of hydrogen-bond acceptors (Lipinski definition) is 1. The third kappa shape index (κ3) is 5.96. The number of terminal acetylenes is 1. The molecule has 0 aromatic heterocycles. The molecule has 0 atom stereocenters. The number of nitrogens with one attached hydrogen (secondary N) is 1. The van der Waals surface area contributed by atoms with Gasteiger partial charge in [0.25, 0.3) is 0 Å². The first-order valence-electron chi connectivity index (χ1n) is 3.77. The monoisotopic (exact) mass is 203 g/mol. The maximum atomic E-state index is 11.6. The molecule has 0 spiro atoms. The van der Waals surface area contributed by atoms with Gasteiger partial charge in [0.15, 0.2) is 0 Å². The van der Waals surface area contributed by atoms with E-state index in [0.717, 1.165) is 0 Å². The third-order valence-electron chi connectivity index (χ3n) is 1.14. The zero-order chi connectivity index (χ0) is 11.0. The minimum absolute atomic E-state index is 0.363. The number of unbranched alkanes of at least 4 members (excludes halogenated alkanes) is 2. The van der Waals surface area contributed by atoms with Crippen LogP contribution in [0.1, 0.15) is 19.3 Å². The van der Waals surface area contributed by atoms with Crippen molar-refractivity contribution in [2.45, 2.75) is 25.4 Å². The van der Waals surface area contributed by atoms with Gasteiger partial charge in [0.05, 0.1) is 0 Å². The van der Waals surface area contributed by atoms with Crippen LogP contribution >= 0.6 is 0 Å². The van der Waals surface area contributed by atoms with E-state index in [0.29, 0.717) is 19.3 Å². The van der Waals surface area contributed by atoms with E-state index in [4.69, 9.17) is 6.42 Å². The first kappa shape index (κ1) is 12.4. The highest BCUT2D eigenvalue weighted by Crippen LogP contribution is 2.13. The summed E-state index contributed by atoms with van der Waals surface area (Å²) in [6, 6.07) is 1.91. The lowest BCUT2D eigenvalue weighted by atomic mass is 10.2. The number of amides is 1. The number of hydrogen-bond donors (Lipinski definition) is 1. The van der Waals surface area contributed by atoms with Crippen LogP contribution in [-0.2, 0) is 4.79 Å². The van der Waals surface area contributed by atoms with Crippen molar-refractivity contribution in [1.82, 2.24) is 5.32 Å². The third-order valence-corrected chi connectivity index (χ3v) is 1.14. The second-order valence-corrected chi connectivity index (χ2v) is 2.31. The molecule has 1 amide bonds. The predicted octanol–water partition coefficient (Wildman–Crippen LogP) is 1.43. The van der Waals surface area contributed by atoms with E-state index in [1.54, 1.807) is 0 Å². The summed E-state index contributed by atoms with van der Waals surface area (Å²) in [6.45, 7) is 0. The number of carbonyl (C=O) groups excluding carboxylic acids is 1. The van der Waals surface area contributed by atoms with Crippen molar-refractivity contribution >= 4 is 5.91 Å². The molecule has 14 heavy (non-hydrogen) atoms. The van der Waals surface area contributed by atoms with Crippen LogP contribution in [0.25, 0.3) is 0 Å². The fourth-order valence-corrected chi connectivity index (χ4v) is 0.513. The quantitative estimate of drug-likeness (QED) is 0.410. The van der Waals surface area contributed by atoms with Gasteiger partial charge in [-0.25, -0.2) is 0 Å². The van der Waals surface area contributed by atoms with Crippen LogP contribution in [0.15, 0.2) is 0 Å². The lowest BCUT2D eigenvalue weighted by molar-refractivity contribution is -0.172. The molecule has 0 aromatic rings. The molecule has 1 N–H and O–H groups in total.